The molecule has 16 heavy (non-hydrogen) atoms. The predicted molar refractivity (Wildman–Crippen MR) is 60.1 cm³/mol. The van der Waals surface area contributed by atoms with Crippen LogP contribution in [0.2, 0.25) is 0 Å². The van der Waals surface area contributed by atoms with E-state index in [1.54, 1.807) is 0 Å². The summed E-state index contributed by atoms with van der Waals surface area (Å²) < 4.78 is 0. The molecule has 3 N–H and O–H groups in total. The molecule has 0 aliphatic heterocycles. The standard InChI is InChI=1S/C11H20N2O3/c1-7(2)11(3)6-8(11)13-10(16)12-5-4-9(14)15/h7-8H,4-6H2,1-3H3,(H,14,15)(H2,12,13,16). The maximum absolute atomic E-state index is 11.4. The number of carbonyl (C=O) groups is 2. The van der Waals surface area contributed by atoms with E-state index in [0.717, 1.165) is 6.42 Å². The highest BCUT2D eigenvalue weighted by molar-refractivity contribution is 5.75. The Labute approximate surface area is 95.6 Å². The number of carboxylic acid groups (broad SMARTS) is 1. The lowest BCUT2D eigenvalue weighted by atomic mass is 9.94. The van der Waals surface area contributed by atoms with Gasteiger partial charge in [-0.3, -0.25) is 4.79 Å². The van der Waals surface area contributed by atoms with Crippen molar-refractivity contribution in [3.05, 3.63) is 0 Å². The van der Waals surface area contributed by atoms with Crippen LogP contribution in [0, 0.1) is 11.3 Å². The molecular weight excluding hydrogens is 208 g/mol. The molecule has 0 radical (unpaired) electrons. The van der Waals surface area contributed by atoms with Crippen molar-refractivity contribution >= 4 is 12.0 Å². The zero-order valence-corrected chi connectivity index (χ0v) is 10.0. The van der Waals surface area contributed by atoms with E-state index in [0.29, 0.717) is 5.92 Å². The second-order valence-electron chi connectivity index (χ2n) is 4.96. The van der Waals surface area contributed by atoms with Gasteiger partial charge in [0.15, 0.2) is 0 Å². The summed E-state index contributed by atoms with van der Waals surface area (Å²) in [6.45, 7) is 6.61. The van der Waals surface area contributed by atoms with Gasteiger partial charge in [0.25, 0.3) is 0 Å². The van der Waals surface area contributed by atoms with Crippen molar-refractivity contribution in [2.24, 2.45) is 11.3 Å². The lowest BCUT2D eigenvalue weighted by Gasteiger charge is -2.16. The Morgan fingerprint density at radius 2 is 2.12 bits per heavy atom. The molecule has 2 unspecified atom stereocenters. The molecule has 1 aliphatic carbocycles. The number of hydrogen-bond acceptors (Lipinski definition) is 2. The molecule has 1 aliphatic rings. The Kier molecular flexibility index (Phi) is 3.78. The van der Waals surface area contributed by atoms with Crippen molar-refractivity contribution < 1.29 is 14.7 Å². The molecule has 2 atom stereocenters. The van der Waals surface area contributed by atoms with Crippen LogP contribution >= 0.6 is 0 Å². The summed E-state index contributed by atoms with van der Waals surface area (Å²) in [7, 11) is 0. The van der Waals surface area contributed by atoms with Gasteiger partial charge in [-0.2, -0.15) is 0 Å². The average molecular weight is 228 g/mol. The average Bonchev–Trinajstić information content (AvgIpc) is 2.77. The van der Waals surface area contributed by atoms with Gasteiger partial charge < -0.3 is 15.7 Å². The van der Waals surface area contributed by atoms with Crippen LogP contribution < -0.4 is 10.6 Å². The van der Waals surface area contributed by atoms with Gasteiger partial charge in [-0.05, 0) is 17.8 Å². The van der Waals surface area contributed by atoms with Gasteiger partial charge in [-0.25, -0.2) is 4.79 Å². The summed E-state index contributed by atoms with van der Waals surface area (Å²) >= 11 is 0. The first-order valence-corrected chi connectivity index (χ1v) is 5.62. The molecule has 0 aromatic heterocycles. The largest absolute Gasteiger partial charge is 0.481 e. The van der Waals surface area contributed by atoms with Crippen molar-refractivity contribution in [1.82, 2.24) is 10.6 Å². The molecule has 92 valence electrons. The minimum Gasteiger partial charge on any atom is -0.481 e. The molecule has 0 spiro atoms. The second kappa shape index (κ2) is 4.72. The Hall–Kier alpha value is -1.26. The normalized spacial score (nSPS) is 27.6. The number of urea groups is 1. The van der Waals surface area contributed by atoms with Crippen LogP contribution in [0.4, 0.5) is 4.79 Å². The van der Waals surface area contributed by atoms with Crippen LogP contribution in [-0.2, 0) is 4.79 Å². The highest BCUT2D eigenvalue weighted by Gasteiger charge is 2.52. The lowest BCUT2D eigenvalue weighted by Crippen LogP contribution is -2.39. The van der Waals surface area contributed by atoms with Crippen molar-refractivity contribution in [3.63, 3.8) is 0 Å². The molecule has 5 nitrogen and oxygen atoms in total. The van der Waals surface area contributed by atoms with Crippen molar-refractivity contribution in [2.75, 3.05) is 6.54 Å². The fourth-order valence-electron chi connectivity index (χ4n) is 1.73. The molecular formula is C11H20N2O3. The van der Waals surface area contributed by atoms with E-state index in [1.807, 2.05) is 0 Å². The molecule has 0 aromatic carbocycles. The summed E-state index contributed by atoms with van der Waals surface area (Å²) in [5, 5.41) is 13.8. The quantitative estimate of drug-likeness (QED) is 0.661. The van der Waals surface area contributed by atoms with E-state index in [-0.39, 0.29) is 30.5 Å². The van der Waals surface area contributed by atoms with Crippen LogP contribution in [0.25, 0.3) is 0 Å². The van der Waals surface area contributed by atoms with E-state index in [9.17, 15) is 9.59 Å². The first kappa shape index (κ1) is 12.8. The first-order chi connectivity index (χ1) is 7.36. The highest BCUT2D eigenvalue weighted by Crippen LogP contribution is 2.51. The number of carbonyl (C=O) groups excluding carboxylic acids is 1. The molecule has 5 heteroatoms. The summed E-state index contributed by atoms with van der Waals surface area (Å²) in [6.07, 6.45) is 0.955. The number of aliphatic carboxylic acids is 1. The number of rotatable bonds is 5. The molecule has 1 fully saturated rings. The molecule has 0 bridgehead atoms. The van der Waals surface area contributed by atoms with E-state index >= 15 is 0 Å². The van der Waals surface area contributed by atoms with Gasteiger partial charge in [0, 0.05) is 12.6 Å². The van der Waals surface area contributed by atoms with E-state index < -0.39 is 5.97 Å². The third-order valence-corrected chi connectivity index (χ3v) is 3.53. The summed E-state index contributed by atoms with van der Waals surface area (Å²) in [5.41, 5.74) is 0.199. The van der Waals surface area contributed by atoms with Crippen LogP contribution in [0.3, 0.4) is 0 Å². The van der Waals surface area contributed by atoms with E-state index in [4.69, 9.17) is 5.11 Å². The van der Waals surface area contributed by atoms with Gasteiger partial charge in [-0.1, -0.05) is 20.8 Å². The maximum atomic E-state index is 11.4. The minimum absolute atomic E-state index is 0.0421. The molecule has 1 rings (SSSR count). The fraction of sp³-hybridized carbons (Fsp3) is 0.818. The number of hydrogen-bond donors (Lipinski definition) is 3. The maximum Gasteiger partial charge on any atom is 0.315 e. The van der Waals surface area contributed by atoms with Crippen molar-refractivity contribution in [2.45, 2.75) is 39.7 Å². The lowest BCUT2D eigenvalue weighted by molar-refractivity contribution is -0.136. The zero-order chi connectivity index (χ0) is 12.3. The highest BCUT2D eigenvalue weighted by atomic mass is 16.4. The Morgan fingerprint density at radius 3 is 2.56 bits per heavy atom. The van der Waals surface area contributed by atoms with Crippen LogP contribution in [0.15, 0.2) is 0 Å². The number of carboxylic acids is 1. The summed E-state index contributed by atoms with van der Waals surface area (Å²) in [4.78, 5) is 21.6. The van der Waals surface area contributed by atoms with Gasteiger partial charge in [0.2, 0.25) is 0 Å². The molecule has 0 saturated heterocycles. The van der Waals surface area contributed by atoms with Gasteiger partial charge in [-0.15, -0.1) is 0 Å². The Morgan fingerprint density at radius 1 is 1.50 bits per heavy atom. The number of amides is 2. The van der Waals surface area contributed by atoms with Gasteiger partial charge in [0.1, 0.15) is 0 Å². The molecule has 0 heterocycles. The fourth-order valence-corrected chi connectivity index (χ4v) is 1.73. The Bertz CT molecular complexity index is 291. The predicted octanol–water partition coefficient (Wildman–Crippen LogP) is 1.19. The van der Waals surface area contributed by atoms with Crippen molar-refractivity contribution in [3.8, 4) is 0 Å². The van der Waals surface area contributed by atoms with Gasteiger partial charge in [0.05, 0.1) is 6.42 Å². The van der Waals surface area contributed by atoms with Crippen molar-refractivity contribution in [1.29, 1.82) is 0 Å². The molecule has 0 aromatic rings. The van der Waals surface area contributed by atoms with Gasteiger partial charge >= 0.3 is 12.0 Å². The smallest absolute Gasteiger partial charge is 0.315 e. The monoisotopic (exact) mass is 228 g/mol. The third kappa shape index (κ3) is 3.12. The summed E-state index contributed by atoms with van der Waals surface area (Å²) in [5.74, 6) is -0.365. The Balaban J connectivity index is 2.20. The topological polar surface area (TPSA) is 78.4 Å². The minimum atomic E-state index is -0.904. The van der Waals surface area contributed by atoms with E-state index in [1.165, 1.54) is 0 Å². The van der Waals surface area contributed by atoms with Crippen LogP contribution in [-0.4, -0.2) is 29.7 Å². The molecule has 2 amide bonds. The second-order valence-corrected chi connectivity index (χ2v) is 4.96. The van der Waals surface area contributed by atoms with Crippen LogP contribution in [0.1, 0.15) is 33.6 Å². The SMILES string of the molecule is CC(C)C1(C)CC1NC(=O)NCCC(=O)O. The third-order valence-electron chi connectivity index (χ3n) is 3.53. The molecule has 1 saturated carbocycles. The first-order valence-electron chi connectivity index (χ1n) is 5.62. The zero-order valence-electron chi connectivity index (χ0n) is 10.0. The van der Waals surface area contributed by atoms with E-state index in [2.05, 4.69) is 31.4 Å². The number of nitrogens with one attached hydrogen (secondary N) is 2. The van der Waals surface area contributed by atoms with Crippen LogP contribution in [0.5, 0.6) is 0 Å². The summed E-state index contributed by atoms with van der Waals surface area (Å²) in [6, 6.07) is -0.0482.